The van der Waals surface area contributed by atoms with E-state index >= 15 is 0 Å². The van der Waals surface area contributed by atoms with Gasteiger partial charge in [0.05, 0.1) is 6.04 Å². The summed E-state index contributed by atoms with van der Waals surface area (Å²) in [6.07, 6.45) is -0.657. The number of hydrogen-bond donors (Lipinski definition) is 6. The van der Waals surface area contributed by atoms with Crippen molar-refractivity contribution in [3.05, 3.63) is 0 Å². The minimum Gasteiger partial charge on any atom is -0.481 e. The van der Waals surface area contributed by atoms with Gasteiger partial charge in [0.15, 0.2) is 0 Å². The molecule has 0 aromatic carbocycles. The normalized spacial score (nSPS) is 14.6. The lowest BCUT2D eigenvalue weighted by Gasteiger charge is -2.19. The Kier molecular flexibility index (Phi) is 8.39. The summed E-state index contributed by atoms with van der Waals surface area (Å²) in [4.78, 5) is 44.6. The van der Waals surface area contributed by atoms with Crippen molar-refractivity contribution in [2.75, 3.05) is 5.75 Å². The van der Waals surface area contributed by atoms with E-state index in [0.29, 0.717) is 0 Å². The number of carbonyl (C=O) groups is 4. The fourth-order valence-electron chi connectivity index (χ4n) is 1.29. The molecule has 0 saturated carbocycles. The first-order valence-corrected chi connectivity index (χ1v) is 6.74. The molecule has 0 bridgehead atoms. The SMILES string of the molecule is C[C@H](NC(=O)[C@@H](N)CS)C(=O)N[C@@H](CCC(=O)O)C(=O)O. The molecule has 0 aliphatic heterocycles. The maximum atomic E-state index is 11.8. The van der Waals surface area contributed by atoms with Gasteiger partial charge < -0.3 is 26.6 Å². The van der Waals surface area contributed by atoms with E-state index in [-0.39, 0.29) is 12.2 Å². The molecule has 0 heterocycles. The zero-order chi connectivity index (χ0) is 16.6. The maximum Gasteiger partial charge on any atom is 0.326 e. The number of carboxylic acids is 2. The highest BCUT2D eigenvalue weighted by atomic mass is 32.1. The lowest BCUT2D eigenvalue weighted by Crippen LogP contribution is -2.53. The zero-order valence-corrected chi connectivity index (χ0v) is 12.3. The van der Waals surface area contributed by atoms with E-state index in [1.165, 1.54) is 6.92 Å². The van der Waals surface area contributed by atoms with Crippen molar-refractivity contribution in [3.8, 4) is 0 Å². The molecule has 9 nitrogen and oxygen atoms in total. The molecule has 0 saturated heterocycles. The van der Waals surface area contributed by atoms with Gasteiger partial charge in [-0.1, -0.05) is 0 Å². The molecule has 21 heavy (non-hydrogen) atoms. The number of amides is 2. The average molecular weight is 321 g/mol. The first-order chi connectivity index (χ1) is 9.68. The third kappa shape index (κ3) is 7.51. The van der Waals surface area contributed by atoms with Gasteiger partial charge in [-0.3, -0.25) is 14.4 Å². The van der Waals surface area contributed by atoms with Gasteiger partial charge in [-0.15, -0.1) is 0 Å². The number of carbonyl (C=O) groups excluding carboxylic acids is 2. The minimum atomic E-state index is -1.35. The van der Waals surface area contributed by atoms with Crippen LogP contribution in [0.1, 0.15) is 19.8 Å². The Morgan fingerprint density at radius 2 is 1.71 bits per heavy atom. The molecule has 0 aliphatic carbocycles. The molecule has 6 N–H and O–H groups in total. The molecular formula is C11H19N3O6S. The van der Waals surface area contributed by atoms with Crippen LogP contribution in [0.3, 0.4) is 0 Å². The number of carboxylic acid groups (broad SMARTS) is 2. The monoisotopic (exact) mass is 321 g/mol. The molecule has 0 fully saturated rings. The second-order valence-corrected chi connectivity index (χ2v) is 4.72. The minimum absolute atomic E-state index is 0.0938. The summed E-state index contributed by atoms with van der Waals surface area (Å²) in [6.45, 7) is 1.36. The summed E-state index contributed by atoms with van der Waals surface area (Å²) in [5, 5.41) is 21.9. The first-order valence-electron chi connectivity index (χ1n) is 6.10. The van der Waals surface area contributed by atoms with Crippen LogP contribution in [-0.2, 0) is 19.2 Å². The van der Waals surface area contributed by atoms with Crippen LogP contribution < -0.4 is 16.4 Å². The maximum absolute atomic E-state index is 11.8. The summed E-state index contributed by atoms with van der Waals surface area (Å²) in [5.74, 6) is -3.76. The van der Waals surface area contributed by atoms with Gasteiger partial charge in [-0.2, -0.15) is 12.6 Å². The molecule has 0 spiro atoms. The Morgan fingerprint density at radius 1 is 1.14 bits per heavy atom. The summed E-state index contributed by atoms with van der Waals surface area (Å²) in [5.41, 5.74) is 5.42. The molecule has 0 rings (SSSR count). The van der Waals surface area contributed by atoms with Crippen LogP contribution in [0.2, 0.25) is 0 Å². The highest BCUT2D eigenvalue weighted by Crippen LogP contribution is 1.99. The number of thiol groups is 1. The number of nitrogens with one attached hydrogen (secondary N) is 2. The number of rotatable bonds is 9. The van der Waals surface area contributed by atoms with Gasteiger partial charge >= 0.3 is 11.9 Å². The van der Waals surface area contributed by atoms with E-state index in [1.807, 2.05) is 0 Å². The summed E-state index contributed by atoms with van der Waals surface area (Å²) in [6, 6.07) is -3.23. The highest BCUT2D eigenvalue weighted by Gasteiger charge is 2.25. The second kappa shape index (κ2) is 9.19. The van der Waals surface area contributed by atoms with Crippen molar-refractivity contribution >= 4 is 36.4 Å². The molecule has 0 aliphatic rings. The number of nitrogens with two attached hydrogens (primary N) is 1. The Morgan fingerprint density at radius 3 is 2.14 bits per heavy atom. The third-order valence-corrected chi connectivity index (χ3v) is 2.94. The lowest BCUT2D eigenvalue weighted by molar-refractivity contribution is -0.143. The smallest absolute Gasteiger partial charge is 0.326 e. The second-order valence-electron chi connectivity index (χ2n) is 4.35. The van der Waals surface area contributed by atoms with Gasteiger partial charge in [0, 0.05) is 12.2 Å². The van der Waals surface area contributed by atoms with Crippen LogP contribution in [0.4, 0.5) is 0 Å². The largest absolute Gasteiger partial charge is 0.481 e. The van der Waals surface area contributed by atoms with Crippen molar-refractivity contribution in [1.82, 2.24) is 10.6 Å². The van der Waals surface area contributed by atoms with Crippen molar-refractivity contribution in [2.45, 2.75) is 37.9 Å². The van der Waals surface area contributed by atoms with Crippen LogP contribution in [-0.4, -0.2) is 57.8 Å². The Balaban J connectivity index is 4.50. The van der Waals surface area contributed by atoms with Crippen molar-refractivity contribution in [1.29, 1.82) is 0 Å². The molecule has 0 radical (unpaired) electrons. The molecule has 0 aromatic heterocycles. The summed E-state index contributed by atoms with van der Waals surface area (Å²) >= 11 is 3.84. The van der Waals surface area contributed by atoms with Crippen LogP contribution in [0.25, 0.3) is 0 Å². The van der Waals surface area contributed by atoms with E-state index in [9.17, 15) is 19.2 Å². The Hall–Kier alpha value is -1.81. The fourth-order valence-corrected chi connectivity index (χ4v) is 1.46. The molecule has 120 valence electrons. The number of hydrogen-bond acceptors (Lipinski definition) is 6. The van der Waals surface area contributed by atoms with E-state index < -0.39 is 48.3 Å². The predicted molar refractivity (Wildman–Crippen MR) is 75.9 cm³/mol. The lowest BCUT2D eigenvalue weighted by atomic mass is 10.1. The Labute approximate surface area is 126 Å². The van der Waals surface area contributed by atoms with E-state index in [1.54, 1.807) is 0 Å². The topological polar surface area (TPSA) is 159 Å². The van der Waals surface area contributed by atoms with E-state index in [2.05, 4.69) is 23.3 Å². The van der Waals surface area contributed by atoms with Crippen LogP contribution in [0.15, 0.2) is 0 Å². The van der Waals surface area contributed by atoms with Crippen LogP contribution in [0, 0.1) is 0 Å². The zero-order valence-electron chi connectivity index (χ0n) is 11.4. The van der Waals surface area contributed by atoms with Crippen molar-refractivity contribution < 1.29 is 29.4 Å². The number of aliphatic carboxylic acids is 2. The van der Waals surface area contributed by atoms with Gasteiger partial charge in [0.1, 0.15) is 12.1 Å². The predicted octanol–water partition coefficient (Wildman–Crippen LogP) is -1.82. The summed E-state index contributed by atoms with van der Waals surface area (Å²) in [7, 11) is 0. The molecule has 10 heteroatoms. The molecule has 2 amide bonds. The third-order valence-electron chi connectivity index (χ3n) is 2.55. The first kappa shape index (κ1) is 19.2. The van der Waals surface area contributed by atoms with Gasteiger partial charge in [0.25, 0.3) is 0 Å². The Bertz CT molecular complexity index is 417. The molecular weight excluding hydrogens is 302 g/mol. The highest BCUT2D eigenvalue weighted by molar-refractivity contribution is 7.80. The molecule has 0 aromatic rings. The van der Waals surface area contributed by atoms with Crippen molar-refractivity contribution in [3.63, 3.8) is 0 Å². The van der Waals surface area contributed by atoms with Gasteiger partial charge in [-0.25, -0.2) is 4.79 Å². The summed E-state index contributed by atoms with van der Waals surface area (Å²) < 4.78 is 0. The average Bonchev–Trinajstić information content (AvgIpc) is 2.41. The van der Waals surface area contributed by atoms with E-state index in [4.69, 9.17) is 15.9 Å². The quantitative estimate of drug-likeness (QED) is 0.273. The standard InChI is InChI=1S/C11H19N3O6S/c1-5(13-10(18)6(12)4-21)9(17)14-7(11(19)20)2-3-8(15)16/h5-7,21H,2-4,12H2,1H3,(H,13,18)(H,14,17)(H,15,16)(H,19,20)/t5-,6-,7-/m0/s1. The van der Waals surface area contributed by atoms with Gasteiger partial charge in [0.2, 0.25) is 11.8 Å². The molecule has 3 atom stereocenters. The molecule has 0 unspecified atom stereocenters. The van der Waals surface area contributed by atoms with E-state index in [0.717, 1.165) is 0 Å². The van der Waals surface area contributed by atoms with Gasteiger partial charge in [-0.05, 0) is 13.3 Å². The van der Waals surface area contributed by atoms with Crippen molar-refractivity contribution in [2.24, 2.45) is 5.73 Å². The van der Waals surface area contributed by atoms with Crippen LogP contribution in [0.5, 0.6) is 0 Å². The van der Waals surface area contributed by atoms with Crippen LogP contribution >= 0.6 is 12.6 Å². The fraction of sp³-hybridized carbons (Fsp3) is 0.636.